The molecular weight excluding hydrogens is 278 g/mol. The van der Waals surface area contributed by atoms with Crippen LogP contribution in [0.2, 0.25) is 0 Å². The van der Waals surface area contributed by atoms with Crippen LogP contribution in [0.1, 0.15) is 36.8 Å². The average Bonchev–Trinajstić information content (AvgIpc) is 2.95. The van der Waals surface area contributed by atoms with E-state index in [1.807, 2.05) is 0 Å². The maximum atomic E-state index is 12.9. The van der Waals surface area contributed by atoms with Crippen molar-refractivity contribution >= 4 is 5.57 Å². The topological polar surface area (TPSA) is 27.7 Å². The molecule has 1 aliphatic carbocycles. The summed E-state index contributed by atoms with van der Waals surface area (Å²) in [6.45, 7) is 1.28. The lowest BCUT2D eigenvalue weighted by molar-refractivity contribution is -0.159. The minimum atomic E-state index is -2.53. The van der Waals surface area contributed by atoms with Crippen LogP contribution in [0.15, 0.2) is 24.3 Å². The molecule has 0 saturated carbocycles. The van der Waals surface area contributed by atoms with Crippen molar-refractivity contribution in [2.45, 2.75) is 31.5 Å². The first-order valence-corrected chi connectivity index (χ1v) is 7.07. The molecule has 0 bridgehead atoms. The van der Waals surface area contributed by atoms with Crippen LogP contribution < -0.4 is 4.74 Å². The van der Waals surface area contributed by atoms with E-state index in [1.54, 1.807) is 12.1 Å². The predicted octanol–water partition coefficient (Wildman–Crippen LogP) is 3.94. The van der Waals surface area contributed by atoms with Gasteiger partial charge in [0.05, 0.1) is 25.9 Å². The minimum absolute atomic E-state index is 0.0726. The lowest BCUT2D eigenvalue weighted by Crippen LogP contribution is -2.31. The van der Waals surface area contributed by atoms with Crippen LogP contribution in [-0.2, 0) is 9.47 Å². The fourth-order valence-electron chi connectivity index (χ4n) is 2.92. The molecule has 0 atom stereocenters. The Morgan fingerprint density at radius 1 is 1.24 bits per heavy atom. The summed E-state index contributed by atoms with van der Waals surface area (Å²) in [5.41, 5.74) is 1.97. The Morgan fingerprint density at radius 3 is 2.57 bits per heavy atom. The number of methoxy groups -OCH3 is 1. The maximum absolute atomic E-state index is 12.9. The first-order chi connectivity index (χ1) is 10.1. The maximum Gasteiger partial charge on any atom is 0.267 e. The molecule has 0 N–H and O–H groups in total. The third-order valence-corrected chi connectivity index (χ3v) is 4.09. The van der Waals surface area contributed by atoms with Gasteiger partial charge in [-0.05, 0) is 29.7 Å². The monoisotopic (exact) mass is 296 g/mol. The Balaban J connectivity index is 1.83. The molecule has 1 spiro atoms. The third-order valence-electron chi connectivity index (χ3n) is 4.09. The van der Waals surface area contributed by atoms with Crippen LogP contribution in [0.3, 0.4) is 0 Å². The Morgan fingerprint density at radius 2 is 2.00 bits per heavy atom. The molecule has 2 aliphatic rings. The van der Waals surface area contributed by atoms with Gasteiger partial charge in [-0.3, -0.25) is 0 Å². The Hall–Kier alpha value is -1.46. The zero-order valence-electron chi connectivity index (χ0n) is 11.9. The molecule has 1 aromatic rings. The van der Waals surface area contributed by atoms with E-state index in [0.717, 1.165) is 24.0 Å². The fraction of sp³-hybridized carbons (Fsp3) is 0.500. The van der Waals surface area contributed by atoms with Crippen molar-refractivity contribution in [3.05, 3.63) is 35.4 Å². The summed E-state index contributed by atoms with van der Waals surface area (Å²) >= 11 is 0. The number of alkyl halides is 2. The molecule has 21 heavy (non-hydrogen) atoms. The van der Waals surface area contributed by atoms with Crippen molar-refractivity contribution in [1.29, 1.82) is 0 Å². The van der Waals surface area contributed by atoms with Crippen LogP contribution in [0.4, 0.5) is 8.78 Å². The van der Waals surface area contributed by atoms with Gasteiger partial charge < -0.3 is 14.2 Å². The number of hydrogen-bond donors (Lipinski definition) is 0. The van der Waals surface area contributed by atoms with E-state index in [4.69, 9.17) is 14.2 Å². The second-order valence-electron chi connectivity index (χ2n) is 5.30. The second-order valence-corrected chi connectivity index (χ2v) is 5.30. The molecule has 114 valence electrons. The van der Waals surface area contributed by atoms with E-state index in [2.05, 4.69) is 6.08 Å². The average molecular weight is 296 g/mol. The van der Waals surface area contributed by atoms with E-state index >= 15 is 0 Å². The highest BCUT2D eigenvalue weighted by atomic mass is 19.3. The zero-order chi connectivity index (χ0) is 14.9. The molecule has 1 saturated heterocycles. The molecular formula is C16H18F2O3. The summed E-state index contributed by atoms with van der Waals surface area (Å²) in [6, 6.07) is 4.85. The summed E-state index contributed by atoms with van der Waals surface area (Å²) in [7, 11) is 1.41. The van der Waals surface area contributed by atoms with Crippen LogP contribution in [0.25, 0.3) is 5.57 Å². The summed E-state index contributed by atoms with van der Waals surface area (Å²) in [6.07, 6.45) is 1.83. The van der Waals surface area contributed by atoms with Gasteiger partial charge >= 0.3 is 0 Å². The quantitative estimate of drug-likeness (QED) is 0.845. The summed E-state index contributed by atoms with van der Waals surface area (Å²) in [5, 5.41) is 0. The van der Waals surface area contributed by atoms with Crippen molar-refractivity contribution in [3.63, 3.8) is 0 Å². The SMILES string of the molecule is COc1cc(C2=CCC3(CC2)OCCO3)ccc1C(F)F. The van der Waals surface area contributed by atoms with E-state index in [0.29, 0.717) is 19.6 Å². The van der Waals surface area contributed by atoms with Gasteiger partial charge in [-0.2, -0.15) is 0 Å². The van der Waals surface area contributed by atoms with Gasteiger partial charge in [0.15, 0.2) is 5.79 Å². The number of hydrogen-bond acceptors (Lipinski definition) is 3. The van der Waals surface area contributed by atoms with E-state index in [1.165, 1.54) is 13.2 Å². The van der Waals surface area contributed by atoms with Crippen LogP contribution >= 0.6 is 0 Å². The molecule has 0 unspecified atom stereocenters. The highest BCUT2D eigenvalue weighted by molar-refractivity contribution is 5.68. The molecule has 0 radical (unpaired) electrons. The highest BCUT2D eigenvalue weighted by Gasteiger charge is 2.37. The number of rotatable bonds is 3. The second kappa shape index (κ2) is 5.73. The molecule has 1 aliphatic heterocycles. The lowest BCUT2D eigenvalue weighted by atomic mass is 9.89. The molecule has 1 heterocycles. The smallest absolute Gasteiger partial charge is 0.267 e. The van der Waals surface area contributed by atoms with Crippen LogP contribution in [0.5, 0.6) is 5.75 Å². The Bertz CT molecular complexity index is 548. The van der Waals surface area contributed by atoms with Crippen molar-refractivity contribution in [3.8, 4) is 5.75 Å². The van der Waals surface area contributed by atoms with Crippen molar-refractivity contribution in [1.82, 2.24) is 0 Å². The van der Waals surface area contributed by atoms with E-state index < -0.39 is 12.2 Å². The Kier molecular flexibility index (Phi) is 3.95. The van der Waals surface area contributed by atoms with Crippen LogP contribution in [0, 0.1) is 0 Å². The van der Waals surface area contributed by atoms with E-state index in [-0.39, 0.29) is 11.3 Å². The first-order valence-electron chi connectivity index (χ1n) is 7.07. The first kappa shape index (κ1) is 14.5. The lowest BCUT2D eigenvalue weighted by Gasteiger charge is -2.30. The molecule has 1 aromatic carbocycles. The largest absolute Gasteiger partial charge is 0.496 e. The van der Waals surface area contributed by atoms with Crippen LogP contribution in [-0.4, -0.2) is 26.1 Å². The van der Waals surface area contributed by atoms with Crippen molar-refractivity contribution in [2.75, 3.05) is 20.3 Å². The van der Waals surface area contributed by atoms with Crippen molar-refractivity contribution < 1.29 is 23.0 Å². The standard InChI is InChI=1S/C16H18F2O3/c1-19-14-10-12(2-3-13(14)15(17)18)11-4-6-16(7-5-11)20-8-9-21-16/h2-4,10,15H,5-9H2,1H3. The number of halogens is 2. The zero-order valence-corrected chi connectivity index (χ0v) is 11.9. The van der Waals surface area contributed by atoms with Gasteiger partial charge in [0.2, 0.25) is 0 Å². The Labute approximate surface area is 122 Å². The van der Waals surface area contributed by atoms with Gasteiger partial charge in [0.25, 0.3) is 6.43 Å². The normalized spacial score (nSPS) is 20.9. The number of benzene rings is 1. The van der Waals surface area contributed by atoms with Gasteiger partial charge in [-0.25, -0.2) is 8.78 Å². The number of allylic oxidation sites excluding steroid dienone is 1. The van der Waals surface area contributed by atoms with E-state index in [9.17, 15) is 8.78 Å². The summed E-state index contributed by atoms with van der Waals surface area (Å²) in [5.74, 6) is -0.228. The molecule has 1 fully saturated rings. The minimum Gasteiger partial charge on any atom is -0.496 e. The third kappa shape index (κ3) is 2.80. The molecule has 0 amide bonds. The van der Waals surface area contributed by atoms with Gasteiger partial charge in [0, 0.05) is 12.8 Å². The highest BCUT2D eigenvalue weighted by Crippen LogP contribution is 2.39. The summed E-state index contributed by atoms with van der Waals surface area (Å²) in [4.78, 5) is 0. The van der Waals surface area contributed by atoms with Gasteiger partial charge in [0.1, 0.15) is 5.75 Å². The van der Waals surface area contributed by atoms with Gasteiger partial charge in [-0.1, -0.05) is 12.1 Å². The van der Waals surface area contributed by atoms with Crippen molar-refractivity contribution in [2.24, 2.45) is 0 Å². The predicted molar refractivity (Wildman–Crippen MR) is 74.4 cm³/mol. The fourth-order valence-corrected chi connectivity index (χ4v) is 2.92. The molecule has 5 heteroatoms. The molecule has 3 rings (SSSR count). The molecule has 0 aromatic heterocycles. The van der Waals surface area contributed by atoms with Gasteiger partial charge in [-0.15, -0.1) is 0 Å². The summed E-state index contributed by atoms with van der Waals surface area (Å²) < 4.78 is 42.1. The number of ether oxygens (including phenoxy) is 3. The molecule has 3 nitrogen and oxygen atoms in total.